The molecular weight excluding hydrogens is 611 g/mol. The van der Waals surface area contributed by atoms with Gasteiger partial charge in [-0.15, -0.1) is 0 Å². The molecule has 4 aromatic rings. The number of rotatable bonds is 13. The first kappa shape index (κ1) is 33.7. The molecule has 0 spiro atoms. The molecule has 2 amide bonds. The standard InChI is InChI=1S/C38H43N3O5S/c1-28-21-22-33(23-29(28)2)41(47(44,45)35-19-8-5-9-20-35)27-37(42)40(26-31-15-12-18-34(24-31)46-3)36(25-30-13-6-4-7-14-30)38(43)39-32-16-10-11-17-32/h4-9,12-15,18-24,32,36H,10-11,16-17,25-27H2,1-3H3,(H,39,43). The fourth-order valence-corrected chi connectivity index (χ4v) is 7.45. The van der Waals surface area contributed by atoms with Crippen molar-refractivity contribution >= 4 is 27.5 Å². The highest BCUT2D eigenvalue weighted by atomic mass is 32.2. The van der Waals surface area contributed by atoms with Crippen LogP contribution in [0.1, 0.15) is 47.9 Å². The lowest BCUT2D eigenvalue weighted by molar-refractivity contribution is -0.140. The van der Waals surface area contributed by atoms with Gasteiger partial charge in [0.1, 0.15) is 18.3 Å². The summed E-state index contributed by atoms with van der Waals surface area (Å²) in [7, 11) is -2.58. The summed E-state index contributed by atoms with van der Waals surface area (Å²) < 4.78 is 35.0. The van der Waals surface area contributed by atoms with Crippen LogP contribution in [0, 0.1) is 13.8 Å². The maximum atomic E-state index is 14.7. The van der Waals surface area contributed by atoms with E-state index < -0.39 is 28.5 Å². The molecule has 246 valence electrons. The van der Waals surface area contributed by atoms with Gasteiger partial charge >= 0.3 is 0 Å². The SMILES string of the molecule is COc1cccc(CN(C(=O)CN(c2ccc(C)c(C)c2)S(=O)(=O)c2ccccc2)C(Cc2ccccc2)C(=O)NC2CCCC2)c1. The number of aryl methyl sites for hydroxylation is 2. The summed E-state index contributed by atoms with van der Waals surface area (Å²) in [5.74, 6) is -0.123. The summed E-state index contributed by atoms with van der Waals surface area (Å²) >= 11 is 0. The number of carbonyl (C=O) groups excluding carboxylic acids is 2. The lowest BCUT2D eigenvalue weighted by Gasteiger charge is -2.34. The predicted octanol–water partition coefficient (Wildman–Crippen LogP) is 6.21. The van der Waals surface area contributed by atoms with E-state index >= 15 is 0 Å². The third kappa shape index (κ3) is 8.40. The van der Waals surface area contributed by atoms with Crippen LogP contribution in [0.3, 0.4) is 0 Å². The zero-order valence-corrected chi connectivity index (χ0v) is 28.1. The molecule has 8 nitrogen and oxygen atoms in total. The van der Waals surface area contributed by atoms with E-state index in [4.69, 9.17) is 4.74 Å². The normalized spacial score (nSPS) is 13.9. The minimum atomic E-state index is -4.15. The molecule has 47 heavy (non-hydrogen) atoms. The fraction of sp³-hybridized carbons (Fsp3) is 0.316. The van der Waals surface area contributed by atoms with Gasteiger partial charge in [-0.25, -0.2) is 8.42 Å². The summed E-state index contributed by atoms with van der Waals surface area (Å²) in [6, 6.07) is 29.6. The van der Waals surface area contributed by atoms with Gasteiger partial charge in [0.2, 0.25) is 11.8 Å². The molecule has 0 radical (unpaired) electrons. The monoisotopic (exact) mass is 653 g/mol. The highest BCUT2D eigenvalue weighted by Gasteiger charge is 2.35. The number of hydrogen-bond donors (Lipinski definition) is 1. The van der Waals surface area contributed by atoms with Crippen LogP contribution in [-0.2, 0) is 32.6 Å². The van der Waals surface area contributed by atoms with Crippen molar-refractivity contribution in [2.45, 2.75) is 69.5 Å². The van der Waals surface area contributed by atoms with Gasteiger partial charge in [-0.2, -0.15) is 0 Å². The zero-order chi connectivity index (χ0) is 33.4. The van der Waals surface area contributed by atoms with Crippen LogP contribution in [0.15, 0.2) is 108 Å². The second kappa shape index (κ2) is 15.3. The molecule has 1 aliphatic rings. The van der Waals surface area contributed by atoms with Crippen molar-refractivity contribution in [1.29, 1.82) is 0 Å². The maximum Gasteiger partial charge on any atom is 0.264 e. The summed E-state index contributed by atoms with van der Waals surface area (Å²) in [4.78, 5) is 30.5. The molecule has 1 fully saturated rings. The number of nitrogens with zero attached hydrogens (tertiary/aromatic N) is 2. The van der Waals surface area contributed by atoms with Gasteiger partial charge in [0.05, 0.1) is 17.7 Å². The van der Waals surface area contributed by atoms with Crippen molar-refractivity contribution in [2.24, 2.45) is 0 Å². The van der Waals surface area contributed by atoms with Crippen molar-refractivity contribution < 1.29 is 22.7 Å². The number of benzene rings is 4. The Hall–Kier alpha value is -4.63. The van der Waals surface area contributed by atoms with E-state index in [9.17, 15) is 18.0 Å². The summed E-state index contributed by atoms with van der Waals surface area (Å²) in [5, 5.41) is 3.21. The molecule has 1 N–H and O–H groups in total. The van der Waals surface area contributed by atoms with E-state index in [1.165, 1.54) is 17.0 Å². The lowest BCUT2D eigenvalue weighted by atomic mass is 10.0. The number of ether oxygens (including phenoxy) is 1. The third-order valence-electron chi connectivity index (χ3n) is 8.85. The van der Waals surface area contributed by atoms with E-state index in [1.807, 2.05) is 74.5 Å². The van der Waals surface area contributed by atoms with E-state index in [2.05, 4.69) is 5.32 Å². The van der Waals surface area contributed by atoms with Crippen molar-refractivity contribution in [2.75, 3.05) is 18.0 Å². The van der Waals surface area contributed by atoms with Crippen molar-refractivity contribution in [3.05, 3.63) is 125 Å². The van der Waals surface area contributed by atoms with Gasteiger partial charge in [0.15, 0.2) is 0 Å². The topological polar surface area (TPSA) is 96.0 Å². The number of carbonyl (C=O) groups is 2. The van der Waals surface area contributed by atoms with E-state index in [1.54, 1.807) is 37.4 Å². The quantitative estimate of drug-likeness (QED) is 0.185. The molecule has 9 heteroatoms. The number of amides is 2. The Morgan fingerprint density at radius 1 is 0.830 bits per heavy atom. The Balaban J connectivity index is 1.58. The van der Waals surface area contributed by atoms with Crippen LogP contribution in [0.2, 0.25) is 0 Å². The van der Waals surface area contributed by atoms with E-state index in [0.717, 1.165) is 52.2 Å². The second-order valence-electron chi connectivity index (χ2n) is 12.2. The molecule has 1 atom stereocenters. The Morgan fingerprint density at radius 2 is 1.49 bits per heavy atom. The van der Waals surface area contributed by atoms with Crippen molar-refractivity contribution in [1.82, 2.24) is 10.2 Å². The molecule has 0 saturated heterocycles. The Morgan fingerprint density at radius 3 is 2.15 bits per heavy atom. The molecule has 1 aliphatic carbocycles. The maximum absolute atomic E-state index is 14.7. The molecule has 4 aromatic carbocycles. The van der Waals surface area contributed by atoms with Crippen LogP contribution >= 0.6 is 0 Å². The summed E-state index contributed by atoms with van der Waals surface area (Å²) in [5.41, 5.74) is 3.93. The molecule has 1 saturated carbocycles. The number of nitrogens with one attached hydrogen (secondary N) is 1. The number of methoxy groups -OCH3 is 1. The van der Waals surface area contributed by atoms with E-state index in [-0.39, 0.29) is 29.8 Å². The van der Waals surface area contributed by atoms with Crippen molar-refractivity contribution in [3.63, 3.8) is 0 Å². The zero-order valence-electron chi connectivity index (χ0n) is 27.3. The highest BCUT2D eigenvalue weighted by molar-refractivity contribution is 7.92. The van der Waals surface area contributed by atoms with Gasteiger partial charge in [0, 0.05) is 19.0 Å². The first-order valence-corrected chi connectivity index (χ1v) is 17.5. The first-order chi connectivity index (χ1) is 22.7. The van der Waals surface area contributed by atoms with Crippen LogP contribution in [-0.4, -0.2) is 50.9 Å². The van der Waals surface area contributed by atoms with Crippen LogP contribution < -0.4 is 14.4 Å². The van der Waals surface area contributed by atoms with Crippen LogP contribution in [0.5, 0.6) is 5.75 Å². The fourth-order valence-electron chi connectivity index (χ4n) is 6.02. The van der Waals surface area contributed by atoms with Gasteiger partial charge < -0.3 is 15.0 Å². The molecular formula is C38H43N3O5S. The highest BCUT2D eigenvalue weighted by Crippen LogP contribution is 2.27. The molecule has 0 aromatic heterocycles. The Labute approximate surface area is 278 Å². The van der Waals surface area contributed by atoms with Crippen LogP contribution in [0.4, 0.5) is 5.69 Å². The minimum absolute atomic E-state index is 0.0417. The van der Waals surface area contributed by atoms with Gasteiger partial charge in [-0.3, -0.25) is 13.9 Å². The smallest absolute Gasteiger partial charge is 0.264 e. The first-order valence-electron chi connectivity index (χ1n) is 16.1. The Bertz CT molecular complexity index is 1770. The largest absolute Gasteiger partial charge is 0.497 e. The molecule has 5 rings (SSSR count). The molecule has 0 aliphatic heterocycles. The second-order valence-corrected chi connectivity index (χ2v) is 14.0. The summed E-state index contributed by atoms with van der Waals surface area (Å²) in [6.07, 6.45) is 4.14. The minimum Gasteiger partial charge on any atom is -0.497 e. The van der Waals surface area contributed by atoms with Gasteiger partial charge in [0.25, 0.3) is 10.0 Å². The molecule has 1 unspecified atom stereocenters. The predicted molar refractivity (Wildman–Crippen MR) is 185 cm³/mol. The third-order valence-corrected chi connectivity index (χ3v) is 10.6. The average Bonchev–Trinajstić information content (AvgIpc) is 3.60. The molecule has 0 bridgehead atoms. The average molecular weight is 654 g/mol. The van der Waals surface area contributed by atoms with E-state index in [0.29, 0.717) is 11.4 Å². The summed E-state index contributed by atoms with van der Waals surface area (Å²) in [6.45, 7) is 3.45. The Kier molecular flexibility index (Phi) is 11.0. The number of sulfonamides is 1. The lowest BCUT2D eigenvalue weighted by Crippen LogP contribution is -2.54. The van der Waals surface area contributed by atoms with Gasteiger partial charge in [-0.05, 0) is 85.3 Å². The molecule has 0 heterocycles. The number of anilines is 1. The van der Waals surface area contributed by atoms with Crippen LogP contribution in [0.25, 0.3) is 0 Å². The number of hydrogen-bond acceptors (Lipinski definition) is 5. The van der Waals surface area contributed by atoms with Gasteiger partial charge in [-0.1, -0.05) is 79.6 Å². The van der Waals surface area contributed by atoms with Crippen molar-refractivity contribution in [3.8, 4) is 5.75 Å².